The molecule has 0 radical (unpaired) electrons. The van der Waals surface area contributed by atoms with Crippen LogP contribution in [0.5, 0.6) is 0 Å². The molecule has 4 aromatic rings. The van der Waals surface area contributed by atoms with E-state index in [2.05, 4.69) is 88.8 Å². The zero-order valence-corrected chi connectivity index (χ0v) is 34.4. The Labute approximate surface area is 350 Å². The van der Waals surface area contributed by atoms with E-state index in [4.69, 9.17) is 34.3 Å². The fourth-order valence-corrected chi connectivity index (χ4v) is 2.86. The number of halogens is 2. The summed E-state index contributed by atoms with van der Waals surface area (Å²) in [6.07, 6.45) is 20.6. The van der Waals surface area contributed by atoms with Crippen molar-refractivity contribution in [2.24, 2.45) is 0 Å². The van der Waals surface area contributed by atoms with Crippen LogP contribution in [0.3, 0.4) is 0 Å². The van der Waals surface area contributed by atoms with Gasteiger partial charge in [-0.05, 0) is 68.3 Å². The number of hydrogen-bond donors (Lipinski definition) is 1. The van der Waals surface area contributed by atoms with Gasteiger partial charge in [-0.2, -0.15) is 0 Å². The Hall–Kier alpha value is -1.00. The summed E-state index contributed by atoms with van der Waals surface area (Å²) < 4.78 is 1.68. The molecule has 0 atom stereocenters. The summed E-state index contributed by atoms with van der Waals surface area (Å²) in [4.78, 5) is 25.0. The minimum atomic E-state index is -2.08. The van der Waals surface area contributed by atoms with E-state index in [9.17, 15) is 0 Å². The van der Waals surface area contributed by atoms with Crippen LogP contribution in [-0.4, -0.2) is 39.3 Å². The molecule has 4 aromatic heterocycles. The first-order valence-electron chi connectivity index (χ1n) is 11.4. The van der Waals surface area contributed by atoms with E-state index in [1.807, 2.05) is 48.8 Å². The van der Waals surface area contributed by atoms with E-state index in [0.29, 0.717) is 11.4 Å². The van der Waals surface area contributed by atoms with Gasteiger partial charge >= 0.3 is 103 Å². The third kappa shape index (κ3) is 19.3. The smallest absolute Gasteiger partial charge is 0.565 e. The van der Waals surface area contributed by atoms with Gasteiger partial charge in [0.2, 0.25) is 6.16 Å². The second-order valence-corrected chi connectivity index (χ2v) is 15.0. The molecule has 0 unspecified atom stereocenters. The van der Waals surface area contributed by atoms with Crippen molar-refractivity contribution < 1.29 is 118 Å². The number of nitrogens with zero attached hydrogens (tertiary/aromatic N) is 4. The molecule has 12 heteroatoms. The summed E-state index contributed by atoms with van der Waals surface area (Å²) in [5.74, 6) is 4.94. The van der Waals surface area contributed by atoms with Crippen LogP contribution >= 0.6 is 31.9 Å². The van der Waals surface area contributed by atoms with Gasteiger partial charge in [-0.1, -0.05) is 43.6 Å². The van der Waals surface area contributed by atoms with Gasteiger partial charge in [0.15, 0.2) is 0 Å². The standard InChI is InChI=1S/C14H8N2.C10H6Br2N2.C5H10Si.CH2O3.2K/c1-3-13-7-5-11(9-15-13)12-6-8-14(4-2)16-10-12;11-9-3-1-7(5-13-9)8-2-4-10(12)14-6-8;1-5-6(2,3)4;2-1(3)4;;/h1-2,5-10H;1-6H;1H,2-4H3;(H2,2,3,4);;/q;;;;2*+1/p-1. The van der Waals surface area contributed by atoms with E-state index < -0.39 is 14.2 Å². The van der Waals surface area contributed by atoms with E-state index in [1.165, 1.54) is 0 Å². The number of pyridine rings is 4. The van der Waals surface area contributed by atoms with Crippen molar-refractivity contribution in [2.45, 2.75) is 19.6 Å². The molecule has 0 spiro atoms. The number of hydrogen-bond acceptors (Lipinski definition) is 6. The Kier molecular flexibility index (Phi) is 24.0. The fraction of sp³-hybridized carbons (Fsp3) is 0.100. The average Bonchev–Trinajstić information content (AvgIpc) is 2.94. The molecule has 7 nitrogen and oxygen atoms in total. The van der Waals surface area contributed by atoms with E-state index in [-0.39, 0.29) is 103 Å². The van der Waals surface area contributed by atoms with Gasteiger partial charge < -0.3 is 15.0 Å². The molecule has 0 aliphatic rings. The number of carbonyl (C=O) groups is 1. The van der Waals surface area contributed by atoms with Crippen LogP contribution in [0.15, 0.2) is 82.5 Å². The normalized spacial score (nSPS) is 8.90. The molecule has 4 rings (SSSR count). The molecule has 42 heavy (non-hydrogen) atoms. The van der Waals surface area contributed by atoms with Crippen LogP contribution < -0.4 is 108 Å². The van der Waals surface area contributed by atoms with Gasteiger partial charge in [0.25, 0.3) is 0 Å². The number of aromatic nitrogens is 4. The molecule has 0 aromatic carbocycles. The van der Waals surface area contributed by atoms with Crippen LogP contribution in [0.4, 0.5) is 4.79 Å². The molecule has 202 valence electrons. The van der Waals surface area contributed by atoms with Gasteiger partial charge in [0.1, 0.15) is 28.7 Å². The summed E-state index contributed by atoms with van der Waals surface area (Å²) in [7, 11) is -1.10. The predicted octanol–water partition coefficient (Wildman–Crippen LogP) is 0.168. The van der Waals surface area contributed by atoms with Crippen molar-refractivity contribution in [3.8, 4) is 58.9 Å². The largest absolute Gasteiger partial charge is 1.00 e. The van der Waals surface area contributed by atoms with Gasteiger partial charge in [-0.3, -0.25) is 0 Å². The number of carboxylic acid groups (broad SMARTS) is 2. The van der Waals surface area contributed by atoms with Crippen molar-refractivity contribution in [1.82, 2.24) is 19.9 Å². The fourth-order valence-electron chi connectivity index (χ4n) is 2.39. The third-order valence-electron chi connectivity index (χ3n) is 4.38. The molecule has 0 fully saturated rings. The Morgan fingerprint density at radius 2 is 0.952 bits per heavy atom. The van der Waals surface area contributed by atoms with Crippen LogP contribution in [-0.2, 0) is 0 Å². The van der Waals surface area contributed by atoms with Crippen molar-refractivity contribution in [3.05, 3.63) is 93.9 Å². The first-order chi connectivity index (χ1) is 18.9. The first-order valence-corrected chi connectivity index (χ1v) is 16.4. The molecule has 1 N–H and O–H groups in total. The minimum absolute atomic E-state index is 0. The molecule has 0 saturated carbocycles. The van der Waals surface area contributed by atoms with Crippen LogP contribution in [0.1, 0.15) is 11.4 Å². The topological polar surface area (TPSA) is 112 Å². The Morgan fingerprint density at radius 1 is 0.690 bits per heavy atom. The minimum Gasteiger partial charge on any atom is -0.565 e. The Bertz CT molecular complexity index is 1390. The summed E-state index contributed by atoms with van der Waals surface area (Å²) in [5, 5.41) is 15.3. The Morgan fingerprint density at radius 3 is 1.12 bits per heavy atom. The summed E-state index contributed by atoms with van der Waals surface area (Å²) >= 11 is 6.59. The zero-order valence-electron chi connectivity index (χ0n) is 24.0. The molecule has 0 aliphatic heterocycles. The zero-order chi connectivity index (χ0) is 30.1. The van der Waals surface area contributed by atoms with Crippen LogP contribution in [0, 0.1) is 36.7 Å². The maximum atomic E-state index is 8.44. The van der Waals surface area contributed by atoms with Gasteiger partial charge in [-0.25, -0.2) is 19.9 Å². The van der Waals surface area contributed by atoms with E-state index >= 15 is 0 Å². The van der Waals surface area contributed by atoms with E-state index in [1.54, 1.807) is 24.5 Å². The molecule has 4 heterocycles. The number of rotatable bonds is 2. The first kappa shape index (κ1) is 43.1. The summed E-state index contributed by atoms with van der Waals surface area (Å²) in [6, 6.07) is 15.2. The predicted molar refractivity (Wildman–Crippen MR) is 166 cm³/mol. The second kappa shape index (κ2) is 23.4. The molecule has 0 aliphatic carbocycles. The monoisotopic (exact) mass is 753 g/mol. The van der Waals surface area contributed by atoms with E-state index in [0.717, 1.165) is 31.5 Å². The second-order valence-electron chi connectivity index (χ2n) is 8.55. The Balaban J connectivity index is 0. The van der Waals surface area contributed by atoms with Crippen molar-refractivity contribution in [2.75, 3.05) is 0 Å². The van der Waals surface area contributed by atoms with Gasteiger partial charge in [0.05, 0.1) is 0 Å². The number of terminal acetylenes is 3. The summed E-state index contributed by atoms with van der Waals surface area (Å²) in [5.41, 5.74) is 8.05. The van der Waals surface area contributed by atoms with Gasteiger partial charge in [0, 0.05) is 47.0 Å². The molecule has 0 amide bonds. The maximum Gasteiger partial charge on any atom is 1.00 e. The van der Waals surface area contributed by atoms with Crippen LogP contribution in [0.2, 0.25) is 19.6 Å². The maximum absolute atomic E-state index is 8.44. The molecular weight excluding hydrogens is 730 g/mol. The molecule has 0 saturated heterocycles. The van der Waals surface area contributed by atoms with Gasteiger partial charge in [-0.15, -0.1) is 24.8 Å². The van der Waals surface area contributed by atoms with Crippen LogP contribution in [0.25, 0.3) is 22.3 Å². The molecule has 0 bridgehead atoms. The van der Waals surface area contributed by atoms with Crippen molar-refractivity contribution in [3.63, 3.8) is 0 Å². The molecular formula is C30H25Br2K2N4O3Si+. The van der Waals surface area contributed by atoms with Crippen molar-refractivity contribution >= 4 is 46.1 Å². The average molecular weight is 756 g/mol. The van der Waals surface area contributed by atoms with Crippen molar-refractivity contribution in [1.29, 1.82) is 0 Å². The quantitative estimate of drug-likeness (QED) is 0.177. The SMILES string of the molecule is Brc1ccc(-c2ccc(Br)nc2)cn1.C#C[Si](C)(C)C.C#Cc1ccc(-c2ccc(C#C)nc2)cn1.O=C([O-])O.[K+].[K+]. The third-order valence-corrected chi connectivity index (χ3v) is 6.18. The summed E-state index contributed by atoms with van der Waals surface area (Å²) in [6.45, 7) is 6.44.